The molecule has 0 saturated carbocycles. The third kappa shape index (κ3) is 4.53. The minimum atomic E-state index is -7.82. The number of hydrogen-bond acceptors (Lipinski definition) is 1. The van der Waals surface area contributed by atoms with Gasteiger partial charge in [0.05, 0.1) is 6.08 Å². The molecule has 0 aromatic carbocycles. The molecule has 0 bridgehead atoms. The molecule has 0 radical (unpaired) electrons. The van der Waals surface area contributed by atoms with E-state index in [0.29, 0.717) is 0 Å². The highest BCUT2D eigenvalue weighted by Gasteiger charge is 2.82. The molecule has 0 aromatic heterocycles. The smallest absolute Gasteiger partial charge is 0.460 e. The number of rotatable bonds is 8. The van der Waals surface area contributed by atoms with Crippen LogP contribution in [0.2, 0.25) is 0 Å². The van der Waals surface area contributed by atoms with E-state index in [1.54, 1.807) is 0 Å². The van der Waals surface area contributed by atoms with Crippen LogP contribution in [0.5, 0.6) is 0 Å². The summed E-state index contributed by atoms with van der Waals surface area (Å²) in [6, 6.07) is 0. The number of hydrogen-bond donors (Lipinski definition) is 1. The molecule has 19 heteroatoms. The maximum atomic E-state index is 13.2. The van der Waals surface area contributed by atoms with Crippen LogP contribution in [0.3, 0.4) is 0 Å². The molecule has 0 rings (SSSR count). The van der Waals surface area contributed by atoms with Gasteiger partial charge in [-0.25, -0.2) is 13.6 Å². The van der Waals surface area contributed by atoms with E-state index in [1.807, 2.05) is 0 Å². The maximum Gasteiger partial charge on any atom is 0.460 e. The van der Waals surface area contributed by atoms with Crippen LogP contribution in [-0.4, -0.2) is 52.8 Å². The summed E-state index contributed by atoms with van der Waals surface area (Å²) in [4.78, 5) is 9.93. The van der Waals surface area contributed by atoms with Crippen molar-refractivity contribution in [2.24, 2.45) is 0 Å². The van der Waals surface area contributed by atoms with Crippen molar-refractivity contribution in [2.75, 3.05) is 0 Å². The number of aliphatic carboxylic acids is 1. The lowest BCUT2D eigenvalue weighted by Crippen LogP contribution is -2.60. The molecule has 0 fully saturated rings. The number of halogens is 17. The molecule has 0 heterocycles. The standard InChI is InChI=1S/C12H3F17O2/c13-3(1-5(30)31)7(17,18)10(23,24)8(19,20)4(14)2-6(15,16)9(21,22)11(25,26)12(27,28)29/h1-2H,(H,30,31)/b3-1-,4-2+. The van der Waals surface area contributed by atoms with Crippen molar-refractivity contribution in [3.8, 4) is 0 Å². The molecule has 1 N–H and O–H groups in total. The maximum absolute atomic E-state index is 13.2. The molecule has 0 atom stereocenters. The van der Waals surface area contributed by atoms with Crippen molar-refractivity contribution in [3.05, 3.63) is 23.8 Å². The normalized spacial score (nSPS) is 16.5. The molecule has 0 saturated heterocycles. The van der Waals surface area contributed by atoms with E-state index in [9.17, 15) is 79.4 Å². The number of alkyl halides is 15. The Morgan fingerprint density at radius 1 is 0.581 bits per heavy atom. The second kappa shape index (κ2) is 7.72. The van der Waals surface area contributed by atoms with Crippen molar-refractivity contribution in [2.45, 2.75) is 41.7 Å². The van der Waals surface area contributed by atoms with Crippen LogP contribution in [0.25, 0.3) is 0 Å². The van der Waals surface area contributed by atoms with Crippen LogP contribution < -0.4 is 0 Å². The monoisotopic (exact) mass is 502 g/mol. The van der Waals surface area contributed by atoms with Gasteiger partial charge in [0.1, 0.15) is 0 Å². The fraction of sp³-hybridized carbons (Fsp3) is 0.583. The van der Waals surface area contributed by atoms with Gasteiger partial charge in [0, 0.05) is 6.08 Å². The first-order valence-electron chi connectivity index (χ1n) is 6.55. The Labute approximate surface area is 157 Å². The van der Waals surface area contributed by atoms with Crippen LogP contribution in [-0.2, 0) is 4.79 Å². The van der Waals surface area contributed by atoms with Gasteiger partial charge in [-0.05, 0) is 0 Å². The second-order valence-electron chi connectivity index (χ2n) is 5.32. The summed E-state index contributed by atoms with van der Waals surface area (Å²) in [7, 11) is 0. The molecule has 182 valence electrons. The molecule has 0 amide bonds. The van der Waals surface area contributed by atoms with E-state index < -0.39 is 71.5 Å². The van der Waals surface area contributed by atoms with E-state index in [-0.39, 0.29) is 0 Å². The summed E-state index contributed by atoms with van der Waals surface area (Å²) in [5, 5.41) is 7.90. The summed E-state index contributed by atoms with van der Waals surface area (Å²) in [5.74, 6) is -56.6. The Kier molecular flexibility index (Phi) is 7.16. The van der Waals surface area contributed by atoms with Crippen LogP contribution in [0.4, 0.5) is 74.6 Å². The third-order valence-electron chi connectivity index (χ3n) is 3.12. The molecule has 0 aromatic rings. The molecular weight excluding hydrogens is 499 g/mol. The summed E-state index contributed by atoms with van der Waals surface area (Å²) in [6.45, 7) is 0. The van der Waals surface area contributed by atoms with Gasteiger partial charge in [0.25, 0.3) is 0 Å². The molecule has 0 aliphatic heterocycles. The summed E-state index contributed by atoms with van der Waals surface area (Å²) >= 11 is 0. The molecule has 0 spiro atoms. The highest BCUT2D eigenvalue weighted by atomic mass is 19.4. The van der Waals surface area contributed by atoms with Gasteiger partial charge in [-0.3, -0.25) is 0 Å². The average Bonchev–Trinajstić information content (AvgIpc) is 2.51. The Bertz CT molecular complexity index is 758. The van der Waals surface area contributed by atoms with E-state index >= 15 is 0 Å². The predicted molar refractivity (Wildman–Crippen MR) is 61.8 cm³/mol. The van der Waals surface area contributed by atoms with Crippen molar-refractivity contribution in [1.82, 2.24) is 0 Å². The van der Waals surface area contributed by atoms with Crippen LogP contribution in [0, 0.1) is 0 Å². The Hall–Kier alpha value is -2.24. The zero-order chi connectivity index (χ0) is 25.6. The van der Waals surface area contributed by atoms with Crippen molar-refractivity contribution < 1.29 is 84.5 Å². The fourth-order valence-electron chi connectivity index (χ4n) is 1.42. The van der Waals surface area contributed by atoms with Crippen molar-refractivity contribution >= 4 is 5.97 Å². The lowest BCUT2D eigenvalue weighted by atomic mass is 9.98. The Morgan fingerprint density at radius 3 is 1.26 bits per heavy atom. The second-order valence-corrected chi connectivity index (χ2v) is 5.32. The van der Waals surface area contributed by atoms with Gasteiger partial charge >= 0.3 is 47.7 Å². The van der Waals surface area contributed by atoms with Crippen LogP contribution >= 0.6 is 0 Å². The fourth-order valence-corrected chi connectivity index (χ4v) is 1.42. The highest BCUT2D eigenvalue weighted by Crippen LogP contribution is 2.56. The first-order valence-corrected chi connectivity index (χ1v) is 6.55. The first kappa shape index (κ1) is 28.8. The predicted octanol–water partition coefficient (Wildman–Crippen LogP) is 6.15. The Morgan fingerprint density at radius 2 is 0.935 bits per heavy atom. The lowest BCUT2D eigenvalue weighted by Gasteiger charge is -2.34. The lowest BCUT2D eigenvalue weighted by molar-refractivity contribution is -0.388. The number of carboxylic acid groups (broad SMARTS) is 1. The summed E-state index contributed by atoms with van der Waals surface area (Å²) in [5.41, 5.74) is 0. The Balaban J connectivity index is 6.56. The van der Waals surface area contributed by atoms with Crippen molar-refractivity contribution in [1.29, 1.82) is 0 Å². The van der Waals surface area contributed by atoms with Gasteiger partial charge in [-0.15, -0.1) is 0 Å². The van der Waals surface area contributed by atoms with Crippen LogP contribution in [0.1, 0.15) is 0 Å². The van der Waals surface area contributed by atoms with Gasteiger partial charge in [0.2, 0.25) is 0 Å². The third-order valence-corrected chi connectivity index (χ3v) is 3.12. The summed E-state index contributed by atoms with van der Waals surface area (Å²) < 4.78 is 217. The zero-order valence-electron chi connectivity index (χ0n) is 13.4. The number of allylic oxidation sites excluding steroid dienone is 3. The topological polar surface area (TPSA) is 37.3 Å². The highest BCUT2D eigenvalue weighted by molar-refractivity contribution is 5.80. The van der Waals surface area contributed by atoms with Gasteiger partial charge < -0.3 is 5.11 Å². The zero-order valence-corrected chi connectivity index (χ0v) is 13.4. The molecule has 0 unspecified atom stereocenters. The quantitative estimate of drug-likeness (QED) is 0.320. The summed E-state index contributed by atoms with van der Waals surface area (Å²) in [6.07, 6.45) is -11.9. The van der Waals surface area contributed by atoms with Gasteiger partial charge in [-0.2, -0.15) is 65.9 Å². The molecule has 0 aliphatic carbocycles. The minimum Gasteiger partial charge on any atom is -0.478 e. The largest absolute Gasteiger partial charge is 0.478 e. The minimum absolute atomic E-state index is 1.47. The van der Waals surface area contributed by atoms with Crippen molar-refractivity contribution in [3.63, 3.8) is 0 Å². The number of carboxylic acids is 1. The van der Waals surface area contributed by atoms with Gasteiger partial charge in [-0.1, -0.05) is 0 Å². The van der Waals surface area contributed by atoms with Crippen LogP contribution in [0.15, 0.2) is 23.8 Å². The van der Waals surface area contributed by atoms with E-state index in [1.165, 1.54) is 0 Å². The van der Waals surface area contributed by atoms with E-state index in [0.717, 1.165) is 0 Å². The van der Waals surface area contributed by atoms with Gasteiger partial charge in [0.15, 0.2) is 11.7 Å². The molecule has 0 aliphatic rings. The number of carbonyl (C=O) groups is 1. The molecular formula is C12H3F17O2. The first-order chi connectivity index (χ1) is 13.2. The molecule has 2 nitrogen and oxygen atoms in total. The van der Waals surface area contributed by atoms with E-state index in [2.05, 4.69) is 0 Å². The molecule has 31 heavy (non-hydrogen) atoms. The average molecular weight is 502 g/mol. The van der Waals surface area contributed by atoms with E-state index in [4.69, 9.17) is 5.11 Å². The SMILES string of the molecule is O=C(O)/C=C(\F)C(F)(F)C(F)(F)C(F)(F)/C(F)=C\C(F)(F)C(F)(F)C(F)(F)C(F)(F)F.